The number of hydrogen-bond donors (Lipinski definition) is 1. The normalized spacial score (nSPS) is 13.8. The quantitative estimate of drug-likeness (QED) is 0.754. The number of carbonyl (C=O) groups excluding carboxylic acids is 1. The number of hydrogen-bond acceptors (Lipinski definition) is 3. The lowest BCUT2D eigenvalue weighted by atomic mass is 10.0. The Bertz CT molecular complexity index is 894. The highest BCUT2D eigenvalue weighted by Crippen LogP contribution is 2.28. The molecule has 0 spiro atoms. The Morgan fingerprint density at radius 1 is 1.11 bits per heavy atom. The lowest BCUT2D eigenvalue weighted by Crippen LogP contribution is -2.34. The van der Waals surface area contributed by atoms with Crippen molar-refractivity contribution in [3.63, 3.8) is 0 Å². The molecule has 28 heavy (non-hydrogen) atoms. The molecule has 3 rings (SSSR count). The van der Waals surface area contributed by atoms with Crippen molar-refractivity contribution < 1.29 is 4.79 Å². The van der Waals surface area contributed by atoms with Gasteiger partial charge in [-0.1, -0.05) is 51.0 Å². The molecule has 1 amide bonds. The van der Waals surface area contributed by atoms with E-state index in [0.29, 0.717) is 11.5 Å². The smallest absolute Gasteiger partial charge is 0.256 e. The summed E-state index contributed by atoms with van der Waals surface area (Å²) < 4.78 is 0. The predicted molar refractivity (Wildman–Crippen MR) is 119 cm³/mol. The fraction of sp³-hybridized carbons (Fsp3) is 0.375. The monoisotopic (exact) mass is 377 g/mol. The molecule has 2 aromatic rings. The van der Waals surface area contributed by atoms with Gasteiger partial charge in [0, 0.05) is 43.0 Å². The molecule has 0 saturated carbocycles. The van der Waals surface area contributed by atoms with Crippen LogP contribution >= 0.6 is 0 Å². The first-order chi connectivity index (χ1) is 13.5. The molecule has 1 aliphatic rings. The minimum atomic E-state index is -0.0504. The Hall–Kier alpha value is -2.75. The van der Waals surface area contributed by atoms with Gasteiger partial charge < -0.3 is 15.1 Å². The van der Waals surface area contributed by atoms with Gasteiger partial charge in [0.05, 0.1) is 6.54 Å². The van der Waals surface area contributed by atoms with E-state index in [1.165, 1.54) is 12.8 Å². The molecule has 0 saturated heterocycles. The zero-order chi connectivity index (χ0) is 20.1. The summed E-state index contributed by atoms with van der Waals surface area (Å²) in [5.74, 6) is 0.632. The Morgan fingerprint density at radius 2 is 1.82 bits per heavy atom. The predicted octanol–water partition coefficient (Wildman–Crippen LogP) is 4.79. The second-order valence-corrected chi connectivity index (χ2v) is 7.67. The summed E-state index contributed by atoms with van der Waals surface area (Å²) in [7, 11) is 4.05. The van der Waals surface area contributed by atoms with Crippen LogP contribution in [0.2, 0.25) is 0 Å². The highest BCUT2D eigenvalue weighted by molar-refractivity contribution is 6.10. The Balaban J connectivity index is 1.78. The van der Waals surface area contributed by atoms with Gasteiger partial charge in [-0.15, -0.1) is 0 Å². The zero-order valence-electron chi connectivity index (χ0n) is 17.4. The first kappa shape index (κ1) is 20.0. The van der Waals surface area contributed by atoms with Crippen LogP contribution in [0.4, 0.5) is 5.69 Å². The van der Waals surface area contributed by atoms with Crippen molar-refractivity contribution >= 4 is 22.4 Å². The number of rotatable bonds is 7. The van der Waals surface area contributed by atoms with Crippen molar-refractivity contribution in [3.05, 3.63) is 66.0 Å². The SMILES string of the molecule is CCC(CC)CN1C=CC=C(NC(=O)c2ccc(N(C)C)c3ccccc23)C1. The molecule has 4 nitrogen and oxygen atoms in total. The summed E-state index contributed by atoms with van der Waals surface area (Å²) in [5, 5.41) is 5.20. The van der Waals surface area contributed by atoms with Crippen molar-refractivity contribution in [3.8, 4) is 0 Å². The first-order valence-electron chi connectivity index (χ1n) is 10.1. The van der Waals surface area contributed by atoms with Crippen LogP contribution in [0.1, 0.15) is 37.0 Å². The molecule has 1 aliphatic heterocycles. The van der Waals surface area contributed by atoms with E-state index >= 15 is 0 Å². The van der Waals surface area contributed by atoms with E-state index in [0.717, 1.165) is 35.2 Å². The lowest BCUT2D eigenvalue weighted by Gasteiger charge is -2.28. The molecule has 4 heteroatoms. The van der Waals surface area contributed by atoms with Crippen LogP contribution in [0, 0.1) is 5.92 Å². The number of benzene rings is 2. The summed E-state index contributed by atoms with van der Waals surface area (Å²) in [6.07, 6.45) is 8.49. The number of amides is 1. The maximum Gasteiger partial charge on any atom is 0.256 e. The maximum atomic E-state index is 13.0. The average Bonchev–Trinajstić information content (AvgIpc) is 2.71. The second-order valence-electron chi connectivity index (χ2n) is 7.67. The standard InChI is InChI=1S/C24H31N3O/c1-5-18(6-2)16-27-15-9-10-19(17-27)25-24(28)22-13-14-23(26(3)4)21-12-8-7-11-20(21)22/h7-15,18H,5-6,16-17H2,1-4H3,(H,25,28). The molecule has 0 fully saturated rings. The molecule has 0 atom stereocenters. The summed E-state index contributed by atoms with van der Waals surface area (Å²) in [5.41, 5.74) is 2.77. The number of anilines is 1. The van der Waals surface area contributed by atoms with Gasteiger partial charge in [0.1, 0.15) is 0 Å². The molecule has 0 aliphatic carbocycles. The van der Waals surface area contributed by atoms with E-state index in [4.69, 9.17) is 0 Å². The molecule has 1 heterocycles. The van der Waals surface area contributed by atoms with E-state index in [2.05, 4.69) is 41.2 Å². The van der Waals surface area contributed by atoms with Crippen LogP contribution in [0.5, 0.6) is 0 Å². The van der Waals surface area contributed by atoms with Crippen molar-refractivity contribution in [2.45, 2.75) is 26.7 Å². The van der Waals surface area contributed by atoms with Gasteiger partial charge in [0.15, 0.2) is 0 Å². The summed E-state index contributed by atoms with van der Waals surface area (Å²) in [4.78, 5) is 17.4. The van der Waals surface area contributed by atoms with Crippen molar-refractivity contribution in [2.24, 2.45) is 5.92 Å². The van der Waals surface area contributed by atoms with Crippen LogP contribution in [-0.4, -0.2) is 38.0 Å². The first-order valence-corrected chi connectivity index (χ1v) is 10.1. The lowest BCUT2D eigenvalue weighted by molar-refractivity contribution is 0.0964. The van der Waals surface area contributed by atoms with Crippen molar-refractivity contribution in [2.75, 3.05) is 32.1 Å². The topological polar surface area (TPSA) is 35.6 Å². The van der Waals surface area contributed by atoms with E-state index in [1.54, 1.807) is 0 Å². The molecule has 148 valence electrons. The van der Waals surface area contributed by atoms with Gasteiger partial charge in [0.25, 0.3) is 5.91 Å². The molecule has 0 aromatic heterocycles. The molecular weight excluding hydrogens is 346 g/mol. The van der Waals surface area contributed by atoms with Gasteiger partial charge in [-0.05, 0) is 41.8 Å². The fourth-order valence-electron chi connectivity index (χ4n) is 3.77. The average molecular weight is 378 g/mol. The molecule has 0 unspecified atom stereocenters. The highest BCUT2D eigenvalue weighted by atomic mass is 16.1. The summed E-state index contributed by atoms with van der Waals surface area (Å²) in [6, 6.07) is 12.0. The minimum Gasteiger partial charge on any atom is -0.377 e. The highest BCUT2D eigenvalue weighted by Gasteiger charge is 2.17. The molecule has 1 N–H and O–H groups in total. The second kappa shape index (κ2) is 8.96. The molecule has 2 aromatic carbocycles. The molecule has 0 radical (unpaired) electrons. The largest absolute Gasteiger partial charge is 0.377 e. The number of nitrogens with zero attached hydrogens (tertiary/aromatic N) is 2. The molecular formula is C24H31N3O. The van der Waals surface area contributed by atoms with E-state index < -0.39 is 0 Å². The third-order valence-electron chi connectivity index (χ3n) is 5.52. The van der Waals surface area contributed by atoms with Gasteiger partial charge in [0.2, 0.25) is 0 Å². The number of allylic oxidation sites excluding steroid dienone is 2. The van der Waals surface area contributed by atoms with E-state index in [1.807, 2.05) is 56.6 Å². The van der Waals surface area contributed by atoms with Crippen LogP contribution in [0.25, 0.3) is 10.8 Å². The van der Waals surface area contributed by atoms with Crippen LogP contribution in [-0.2, 0) is 0 Å². The van der Waals surface area contributed by atoms with Crippen molar-refractivity contribution in [1.29, 1.82) is 0 Å². The third-order valence-corrected chi connectivity index (χ3v) is 5.52. The zero-order valence-corrected chi connectivity index (χ0v) is 17.4. The summed E-state index contributed by atoms with van der Waals surface area (Å²) in [6.45, 7) is 6.25. The number of fused-ring (bicyclic) bond motifs is 1. The van der Waals surface area contributed by atoms with Crippen LogP contribution in [0.3, 0.4) is 0 Å². The number of nitrogens with one attached hydrogen (secondary N) is 1. The van der Waals surface area contributed by atoms with Crippen molar-refractivity contribution in [1.82, 2.24) is 10.2 Å². The molecule has 0 bridgehead atoms. The van der Waals surface area contributed by atoms with Crippen LogP contribution in [0.15, 0.2) is 60.4 Å². The van der Waals surface area contributed by atoms with Crippen LogP contribution < -0.4 is 10.2 Å². The van der Waals surface area contributed by atoms with Gasteiger partial charge in [-0.25, -0.2) is 0 Å². The van der Waals surface area contributed by atoms with Gasteiger partial charge >= 0.3 is 0 Å². The fourth-order valence-corrected chi connectivity index (χ4v) is 3.77. The van der Waals surface area contributed by atoms with E-state index in [9.17, 15) is 4.79 Å². The Kier molecular flexibility index (Phi) is 6.40. The van der Waals surface area contributed by atoms with Gasteiger partial charge in [-0.3, -0.25) is 4.79 Å². The number of carbonyl (C=O) groups is 1. The maximum absolute atomic E-state index is 13.0. The summed E-state index contributed by atoms with van der Waals surface area (Å²) >= 11 is 0. The van der Waals surface area contributed by atoms with Gasteiger partial charge in [-0.2, -0.15) is 0 Å². The third kappa shape index (κ3) is 4.38. The Labute approximate surface area is 168 Å². The van der Waals surface area contributed by atoms with E-state index in [-0.39, 0.29) is 5.91 Å². The Morgan fingerprint density at radius 3 is 2.50 bits per heavy atom. The minimum absolute atomic E-state index is 0.0504.